The largest absolute Gasteiger partial charge is 0.362 e. The van der Waals surface area contributed by atoms with Crippen LogP contribution in [0.15, 0.2) is 4.99 Å². The highest BCUT2D eigenvalue weighted by Crippen LogP contribution is 2.31. The Balaban J connectivity index is 1.50. The predicted molar refractivity (Wildman–Crippen MR) is 83.7 cm³/mol. The first-order valence-electron chi connectivity index (χ1n) is 7.43. The monoisotopic (exact) mass is 284 g/mol. The minimum atomic E-state index is 0.737. The number of fused-ring (bicyclic) bond motifs is 1. The van der Waals surface area contributed by atoms with Crippen molar-refractivity contribution in [3.63, 3.8) is 0 Å². The molecule has 0 aromatic heterocycles. The van der Waals surface area contributed by atoms with Crippen LogP contribution in [0.3, 0.4) is 0 Å². The summed E-state index contributed by atoms with van der Waals surface area (Å²) in [4.78, 5) is 4.86. The minimum absolute atomic E-state index is 0.737. The van der Waals surface area contributed by atoms with Gasteiger partial charge in [-0.1, -0.05) is 24.6 Å². The van der Waals surface area contributed by atoms with Crippen molar-refractivity contribution in [1.82, 2.24) is 5.32 Å². The molecule has 0 amide bonds. The fourth-order valence-electron chi connectivity index (χ4n) is 3.22. The van der Waals surface area contributed by atoms with Crippen LogP contribution in [0.2, 0.25) is 0 Å². The summed E-state index contributed by atoms with van der Waals surface area (Å²) in [7, 11) is 0. The number of amidine groups is 1. The van der Waals surface area contributed by atoms with E-state index in [-0.39, 0.29) is 0 Å². The van der Waals surface area contributed by atoms with Gasteiger partial charge >= 0.3 is 0 Å². The second kappa shape index (κ2) is 6.56. The first-order valence-corrected chi connectivity index (χ1v) is 9.57. The van der Waals surface area contributed by atoms with Gasteiger partial charge in [-0.05, 0) is 49.0 Å². The van der Waals surface area contributed by atoms with Gasteiger partial charge in [0.2, 0.25) is 0 Å². The Hall–Kier alpha value is 0.170. The summed E-state index contributed by atoms with van der Waals surface area (Å²) in [5.41, 5.74) is 0. The van der Waals surface area contributed by atoms with Gasteiger partial charge in [0.1, 0.15) is 0 Å². The second-order valence-electron chi connectivity index (χ2n) is 5.81. The number of hydrogen-bond acceptors (Lipinski definition) is 3. The quantitative estimate of drug-likeness (QED) is 0.841. The first kappa shape index (κ1) is 13.2. The van der Waals surface area contributed by atoms with E-state index in [9.17, 15) is 0 Å². The van der Waals surface area contributed by atoms with Crippen molar-refractivity contribution < 1.29 is 0 Å². The summed E-state index contributed by atoms with van der Waals surface area (Å²) >= 11 is 4.08. The third-order valence-electron chi connectivity index (χ3n) is 4.49. The molecule has 0 spiro atoms. The van der Waals surface area contributed by atoms with Crippen LogP contribution in [-0.2, 0) is 0 Å². The van der Waals surface area contributed by atoms with Crippen LogP contribution in [0.4, 0.5) is 0 Å². The molecule has 2 aliphatic heterocycles. The molecule has 3 rings (SSSR count). The Bertz CT molecular complexity index is 300. The molecule has 1 N–H and O–H groups in total. The maximum absolute atomic E-state index is 4.86. The number of nitrogens with one attached hydrogen (secondary N) is 1. The summed E-state index contributed by atoms with van der Waals surface area (Å²) in [5, 5.41) is 4.95. The zero-order chi connectivity index (χ0) is 12.2. The van der Waals surface area contributed by atoms with E-state index in [1.165, 1.54) is 61.0 Å². The van der Waals surface area contributed by atoms with Gasteiger partial charge in [-0.25, -0.2) is 0 Å². The summed E-state index contributed by atoms with van der Waals surface area (Å²) < 4.78 is 0. The van der Waals surface area contributed by atoms with Crippen molar-refractivity contribution in [3.8, 4) is 0 Å². The minimum Gasteiger partial charge on any atom is -0.362 e. The molecule has 1 aliphatic carbocycles. The normalized spacial score (nSPS) is 36.1. The summed E-state index contributed by atoms with van der Waals surface area (Å²) in [6, 6.07) is 0.737. The second-order valence-corrected chi connectivity index (χ2v) is 8.04. The van der Waals surface area contributed by atoms with Crippen LogP contribution < -0.4 is 5.32 Å². The van der Waals surface area contributed by atoms with Gasteiger partial charge < -0.3 is 5.32 Å². The van der Waals surface area contributed by atoms with E-state index < -0.39 is 0 Å². The maximum atomic E-state index is 4.86. The smallest absolute Gasteiger partial charge is 0.156 e. The van der Waals surface area contributed by atoms with Crippen molar-refractivity contribution in [2.24, 2.45) is 16.8 Å². The van der Waals surface area contributed by atoms with Crippen LogP contribution in [0.5, 0.6) is 0 Å². The molecule has 2 heterocycles. The van der Waals surface area contributed by atoms with Crippen molar-refractivity contribution in [2.75, 3.05) is 23.8 Å². The van der Waals surface area contributed by atoms with Gasteiger partial charge in [0.15, 0.2) is 5.17 Å². The molecule has 0 aromatic carbocycles. The molecule has 2 nitrogen and oxygen atoms in total. The van der Waals surface area contributed by atoms with Gasteiger partial charge in [-0.2, -0.15) is 11.8 Å². The number of rotatable bonds is 2. The molecular formula is C14H24N2S2. The number of thioether (sulfide) groups is 2. The fraction of sp³-hybridized carbons (Fsp3) is 0.929. The molecular weight excluding hydrogens is 260 g/mol. The Morgan fingerprint density at radius 2 is 1.94 bits per heavy atom. The van der Waals surface area contributed by atoms with E-state index in [0.717, 1.165) is 24.4 Å². The average Bonchev–Trinajstić information content (AvgIpc) is 2.46. The molecule has 102 valence electrons. The summed E-state index contributed by atoms with van der Waals surface area (Å²) in [6.07, 6.45) is 8.39. The van der Waals surface area contributed by atoms with Gasteiger partial charge in [0.25, 0.3) is 0 Å². The van der Waals surface area contributed by atoms with E-state index >= 15 is 0 Å². The summed E-state index contributed by atoms with van der Waals surface area (Å²) in [6.45, 7) is 1.06. The standard InChI is InChI=1S/C14H24N2S2/c1-2-4-13-12(3-1)10-18-14(16-13)15-9-11-5-7-17-8-6-11/h11-13H,1-10H2,(H,15,16). The molecule has 0 radical (unpaired) electrons. The highest BCUT2D eigenvalue weighted by atomic mass is 32.2. The molecule has 4 heteroatoms. The van der Waals surface area contributed by atoms with Crippen LogP contribution >= 0.6 is 23.5 Å². The average molecular weight is 284 g/mol. The lowest BCUT2D eigenvalue weighted by molar-refractivity contribution is 0.311. The molecule has 1 saturated carbocycles. The van der Waals surface area contributed by atoms with Crippen LogP contribution in [0.1, 0.15) is 38.5 Å². The summed E-state index contributed by atoms with van der Waals surface area (Å²) in [5.74, 6) is 5.76. The Morgan fingerprint density at radius 1 is 1.11 bits per heavy atom. The zero-order valence-electron chi connectivity index (χ0n) is 11.1. The van der Waals surface area contributed by atoms with Crippen molar-refractivity contribution in [3.05, 3.63) is 0 Å². The van der Waals surface area contributed by atoms with Gasteiger partial charge in [-0.15, -0.1) is 0 Å². The Kier molecular flexibility index (Phi) is 4.80. The maximum Gasteiger partial charge on any atom is 0.156 e. The lowest BCUT2D eigenvalue weighted by Crippen LogP contribution is -2.46. The third kappa shape index (κ3) is 3.38. The number of nitrogens with zero attached hydrogens (tertiary/aromatic N) is 1. The van der Waals surface area contributed by atoms with Crippen molar-refractivity contribution >= 4 is 28.7 Å². The molecule has 2 saturated heterocycles. The topological polar surface area (TPSA) is 24.4 Å². The van der Waals surface area contributed by atoms with E-state index in [4.69, 9.17) is 4.99 Å². The van der Waals surface area contributed by atoms with E-state index in [1.807, 2.05) is 11.8 Å². The SMILES string of the molecule is C1CCC2NC(=NCC3CCSCC3)SCC2C1. The lowest BCUT2D eigenvalue weighted by atomic mass is 9.86. The number of hydrogen-bond donors (Lipinski definition) is 1. The molecule has 3 fully saturated rings. The Morgan fingerprint density at radius 3 is 2.83 bits per heavy atom. The molecule has 3 aliphatic rings. The van der Waals surface area contributed by atoms with Crippen LogP contribution in [0, 0.1) is 11.8 Å². The number of aliphatic imine (C=N–C) groups is 1. The zero-order valence-corrected chi connectivity index (χ0v) is 12.7. The first-order chi connectivity index (χ1) is 8.92. The van der Waals surface area contributed by atoms with E-state index in [2.05, 4.69) is 17.1 Å². The van der Waals surface area contributed by atoms with Crippen molar-refractivity contribution in [2.45, 2.75) is 44.6 Å². The van der Waals surface area contributed by atoms with Crippen LogP contribution in [0.25, 0.3) is 0 Å². The van der Waals surface area contributed by atoms with Gasteiger partial charge in [-0.3, -0.25) is 4.99 Å². The predicted octanol–water partition coefficient (Wildman–Crippen LogP) is 3.38. The molecule has 2 atom stereocenters. The molecule has 0 bridgehead atoms. The highest BCUT2D eigenvalue weighted by molar-refractivity contribution is 8.13. The van der Waals surface area contributed by atoms with E-state index in [0.29, 0.717) is 0 Å². The Labute approximate surface area is 119 Å². The molecule has 18 heavy (non-hydrogen) atoms. The van der Waals surface area contributed by atoms with Crippen molar-refractivity contribution in [1.29, 1.82) is 0 Å². The highest BCUT2D eigenvalue weighted by Gasteiger charge is 2.30. The third-order valence-corrected chi connectivity index (χ3v) is 6.65. The lowest BCUT2D eigenvalue weighted by Gasteiger charge is -2.37. The molecule has 0 aromatic rings. The fourth-order valence-corrected chi connectivity index (χ4v) is 5.59. The molecule has 2 unspecified atom stereocenters. The van der Waals surface area contributed by atoms with Gasteiger partial charge in [0.05, 0.1) is 0 Å². The van der Waals surface area contributed by atoms with Gasteiger partial charge in [0, 0.05) is 18.3 Å². The van der Waals surface area contributed by atoms with E-state index in [1.54, 1.807) is 0 Å². The van der Waals surface area contributed by atoms with Crippen LogP contribution in [-0.4, -0.2) is 35.0 Å².